The van der Waals surface area contributed by atoms with Gasteiger partial charge < -0.3 is 9.64 Å². The molecule has 0 spiro atoms. The summed E-state index contributed by atoms with van der Waals surface area (Å²) in [5.74, 6) is 2.32. The highest BCUT2D eigenvalue weighted by Gasteiger charge is 2.53. The van der Waals surface area contributed by atoms with Crippen molar-refractivity contribution in [3.63, 3.8) is 0 Å². The molecular weight excluding hydrogens is 266 g/mol. The normalized spacial score (nSPS) is 40.9. The molecule has 4 nitrogen and oxygen atoms in total. The van der Waals surface area contributed by atoms with Crippen molar-refractivity contribution in [2.45, 2.75) is 50.5 Å². The highest BCUT2D eigenvalue weighted by Crippen LogP contribution is 2.57. The van der Waals surface area contributed by atoms with Crippen LogP contribution in [0.15, 0.2) is 11.6 Å². The van der Waals surface area contributed by atoms with Gasteiger partial charge in [0.1, 0.15) is 11.9 Å². The quantitative estimate of drug-likeness (QED) is 0.734. The largest absolute Gasteiger partial charge is 0.443 e. The molecule has 21 heavy (non-hydrogen) atoms. The maximum absolute atomic E-state index is 12.5. The lowest BCUT2D eigenvalue weighted by Crippen LogP contribution is -2.54. The van der Waals surface area contributed by atoms with Crippen molar-refractivity contribution >= 4 is 12.4 Å². The van der Waals surface area contributed by atoms with E-state index in [9.17, 15) is 9.59 Å². The van der Waals surface area contributed by atoms with Crippen LogP contribution in [0.3, 0.4) is 0 Å². The summed E-state index contributed by atoms with van der Waals surface area (Å²) in [5, 5.41) is 0. The molecule has 0 unspecified atom stereocenters. The Hall–Kier alpha value is -1.32. The SMILES string of the molecule is O=CC1=CCCN(C(=O)OC23CC4CC(CC(C4)C2)C3)C1. The van der Waals surface area contributed by atoms with E-state index in [-0.39, 0.29) is 11.7 Å². The van der Waals surface area contributed by atoms with Gasteiger partial charge in [-0.25, -0.2) is 4.79 Å². The summed E-state index contributed by atoms with van der Waals surface area (Å²) in [6.45, 7) is 1.08. The van der Waals surface area contributed by atoms with E-state index in [2.05, 4.69) is 0 Å². The Morgan fingerprint density at radius 2 is 1.81 bits per heavy atom. The van der Waals surface area contributed by atoms with Crippen LogP contribution >= 0.6 is 0 Å². The predicted octanol–water partition coefficient (Wildman–Crippen LogP) is 2.92. The second-order valence-electron chi connectivity index (χ2n) is 7.58. The topological polar surface area (TPSA) is 46.6 Å². The van der Waals surface area contributed by atoms with Gasteiger partial charge in [-0.05, 0) is 62.7 Å². The molecule has 5 aliphatic rings. The van der Waals surface area contributed by atoms with Crippen LogP contribution in [0.4, 0.5) is 4.79 Å². The standard InChI is InChI=1S/C17H23NO3/c19-11-12-2-1-3-18(10-12)16(20)21-17-7-13-4-14(8-17)6-15(5-13)9-17/h2,11,13-15H,1,3-10H2. The number of amides is 1. The van der Waals surface area contributed by atoms with Gasteiger partial charge in [-0.3, -0.25) is 4.79 Å². The predicted molar refractivity (Wildman–Crippen MR) is 77.7 cm³/mol. The molecule has 0 N–H and O–H groups in total. The van der Waals surface area contributed by atoms with E-state index in [0.717, 1.165) is 49.7 Å². The highest BCUT2D eigenvalue weighted by atomic mass is 16.6. The molecule has 1 amide bonds. The maximum atomic E-state index is 12.5. The Bertz CT molecular complexity index is 461. The number of aldehydes is 1. The molecule has 0 aromatic heterocycles. The third-order valence-corrected chi connectivity index (χ3v) is 5.87. The first-order valence-corrected chi connectivity index (χ1v) is 8.28. The van der Waals surface area contributed by atoms with Crippen LogP contribution in [0, 0.1) is 17.8 Å². The number of carbonyl (C=O) groups is 2. The van der Waals surface area contributed by atoms with Gasteiger partial charge in [0, 0.05) is 12.1 Å². The van der Waals surface area contributed by atoms with Gasteiger partial charge in [-0.15, -0.1) is 0 Å². The third-order valence-electron chi connectivity index (χ3n) is 5.87. The van der Waals surface area contributed by atoms with E-state index < -0.39 is 0 Å². The van der Waals surface area contributed by atoms with Gasteiger partial charge in [0.05, 0.1) is 6.54 Å². The Labute approximate surface area is 125 Å². The van der Waals surface area contributed by atoms with Gasteiger partial charge in [-0.1, -0.05) is 6.08 Å². The number of ether oxygens (including phenoxy) is 1. The molecule has 4 saturated carbocycles. The molecule has 0 atom stereocenters. The van der Waals surface area contributed by atoms with Gasteiger partial charge in [-0.2, -0.15) is 0 Å². The van der Waals surface area contributed by atoms with E-state index in [4.69, 9.17) is 4.74 Å². The molecular formula is C17H23NO3. The summed E-state index contributed by atoms with van der Waals surface area (Å²) >= 11 is 0. The molecule has 4 fully saturated rings. The van der Waals surface area contributed by atoms with Gasteiger partial charge in [0.15, 0.2) is 0 Å². The summed E-state index contributed by atoms with van der Waals surface area (Å²) in [4.78, 5) is 25.1. The van der Waals surface area contributed by atoms with Crippen LogP contribution in [0.5, 0.6) is 0 Å². The fraction of sp³-hybridized carbons (Fsp3) is 0.765. The van der Waals surface area contributed by atoms with E-state index in [1.807, 2.05) is 6.08 Å². The smallest absolute Gasteiger partial charge is 0.410 e. The third kappa shape index (κ3) is 2.39. The maximum Gasteiger partial charge on any atom is 0.410 e. The number of rotatable bonds is 2. The van der Waals surface area contributed by atoms with Crippen molar-refractivity contribution in [1.29, 1.82) is 0 Å². The van der Waals surface area contributed by atoms with Crippen molar-refractivity contribution in [3.05, 3.63) is 11.6 Å². The Morgan fingerprint density at radius 1 is 1.19 bits per heavy atom. The Morgan fingerprint density at radius 3 is 2.38 bits per heavy atom. The first kappa shape index (κ1) is 13.4. The van der Waals surface area contributed by atoms with Gasteiger partial charge in [0.25, 0.3) is 0 Å². The van der Waals surface area contributed by atoms with E-state index in [1.54, 1.807) is 4.90 Å². The summed E-state index contributed by atoms with van der Waals surface area (Å²) < 4.78 is 6.03. The molecule has 0 radical (unpaired) electrons. The van der Waals surface area contributed by atoms with Crippen LogP contribution in [0.2, 0.25) is 0 Å². The van der Waals surface area contributed by atoms with Crippen molar-refractivity contribution in [3.8, 4) is 0 Å². The van der Waals surface area contributed by atoms with Crippen LogP contribution < -0.4 is 0 Å². The van der Waals surface area contributed by atoms with Gasteiger partial charge in [0.2, 0.25) is 0 Å². The molecule has 114 valence electrons. The van der Waals surface area contributed by atoms with Crippen molar-refractivity contribution in [2.75, 3.05) is 13.1 Å². The second-order valence-corrected chi connectivity index (χ2v) is 7.58. The average molecular weight is 289 g/mol. The minimum Gasteiger partial charge on any atom is -0.443 e. The van der Waals surface area contributed by atoms with Crippen LogP contribution in [0.1, 0.15) is 44.9 Å². The zero-order valence-electron chi connectivity index (χ0n) is 12.4. The van der Waals surface area contributed by atoms with Gasteiger partial charge >= 0.3 is 6.09 Å². The summed E-state index contributed by atoms with van der Waals surface area (Å²) in [5.41, 5.74) is 0.512. The Kier molecular flexibility index (Phi) is 3.09. The minimum absolute atomic E-state index is 0.186. The second kappa shape index (κ2) is 4.85. The molecule has 5 rings (SSSR count). The fourth-order valence-corrected chi connectivity index (χ4v) is 5.42. The summed E-state index contributed by atoms with van der Waals surface area (Å²) in [6.07, 6.45) is 10.5. The fourth-order valence-electron chi connectivity index (χ4n) is 5.42. The van der Waals surface area contributed by atoms with E-state index >= 15 is 0 Å². The first-order chi connectivity index (χ1) is 10.2. The van der Waals surface area contributed by atoms with E-state index in [0.29, 0.717) is 18.7 Å². The lowest BCUT2D eigenvalue weighted by Gasteiger charge is -2.55. The average Bonchev–Trinajstić information content (AvgIpc) is 2.45. The van der Waals surface area contributed by atoms with Crippen LogP contribution in [0.25, 0.3) is 0 Å². The molecule has 4 heteroatoms. The molecule has 0 saturated heterocycles. The monoisotopic (exact) mass is 289 g/mol. The lowest BCUT2D eigenvalue weighted by atomic mass is 9.54. The van der Waals surface area contributed by atoms with E-state index in [1.165, 1.54) is 19.3 Å². The zero-order valence-corrected chi connectivity index (χ0v) is 12.4. The molecule has 0 aromatic carbocycles. The molecule has 1 heterocycles. The lowest BCUT2D eigenvalue weighted by molar-refractivity contribution is -0.133. The first-order valence-electron chi connectivity index (χ1n) is 8.28. The molecule has 0 aromatic rings. The highest BCUT2D eigenvalue weighted by molar-refractivity contribution is 5.77. The zero-order chi connectivity index (χ0) is 14.4. The number of hydrogen-bond donors (Lipinski definition) is 0. The number of hydrogen-bond acceptors (Lipinski definition) is 3. The summed E-state index contributed by atoms with van der Waals surface area (Å²) in [7, 11) is 0. The molecule has 4 aliphatic carbocycles. The minimum atomic E-state index is -0.204. The molecule has 4 bridgehead atoms. The number of nitrogens with zero attached hydrogens (tertiary/aromatic N) is 1. The van der Waals surface area contributed by atoms with Crippen LogP contribution in [-0.2, 0) is 9.53 Å². The van der Waals surface area contributed by atoms with Crippen molar-refractivity contribution in [1.82, 2.24) is 4.90 Å². The Balaban J connectivity index is 1.45. The number of carbonyl (C=O) groups excluding carboxylic acids is 2. The molecule has 1 aliphatic heterocycles. The summed E-state index contributed by atoms with van der Waals surface area (Å²) in [6, 6.07) is 0. The van der Waals surface area contributed by atoms with Crippen molar-refractivity contribution < 1.29 is 14.3 Å². The van der Waals surface area contributed by atoms with Crippen molar-refractivity contribution in [2.24, 2.45) is 17.8 Å². The van der Waals surface area contributed by atoms with Crippen LogP contribution in [-0.4, -0.2) is 36.0 Å².